The number of fused-ring (bicyclic) bond motifs is 1. The molecule has 4 rings (SSSR count). The van der Waals surface area contributed by atoms with Crippen LogP contribution in [-0.2, 0) is 14.4 Å². The molecule has 3 unspecified atom stereocenters. The van der Waals surface area contributed by atoms with Crippen LogP contribution in [0.25, 0.3) is 0 Å². The van der Waals surface area contributed by atoms with Crippen molar-refractivity contribution >= 4 is 35.2 Å². The number of likely N-dealkylation sites (tertiary alicyclic amines) is 1. The number of anilines is 1. The predicted molar refractivity (Wildman–Crippen MR) is 130 cm³/mol. The molecule has 0 saturated carbocycles. The van der Waals surface area contributed by atoms with Crippen LogP contribution in [0.2, 0.25) is 0 Å². The molecule has 1 aromatic rings. The van der Waals surface area contributed by atoms with E-state index in [1.54, 1.807) is 16.7 Å². The molecule has 0 radical (unpaired) electrons. The minimum atomic E-state index is -0.623. The van der Waals surface area contributed by atoms with Gasteiger partial charge in [-0.2, -0.15) is 0 Å². The van der Waals surface area contributed by atoms with E-state index in [2.05, 4.69) is 24.5 Å². The zero-order valence-corrected chi connectivity index (χ0v) is 20.5. The third-order valence-electron chi connectivity index (χ3n) is 7.52. The summed E-state index contributed by atoms with van der Waals surface area (Å²) in [6.07, 6.45) is 3.76. The number of carbonyl (C=O) groups is 3. The fourth-order valence-corrected chi connectivity index (χ4v) is 8.53. The first-order valence-electron chi connectivity index (χ1n) is 12.0. The van der Waals surface area contributed by atoms with Crippen molar-refractivity contribution in [2.24, 2.45) is 11.8 Å². The number of rotatable bonds is 9. The molecule has 3 fully saturated rings. The molecular formula is C25H35N3O4S. The van der Waals surface area contributed by atoms with Crippen molar-refractivity contribution in [2.45, 2.75) is 74.5 Å². The van der Waals surface area contributed by atoms with Crippen LogP contribution in [0.5, 0.6) is 0 Å². The Morgan fingerprint density at radius 3 is 2.64 bits per heavy atom. The second-order valence-electron chi connectivity index (χ2n) is 9.89. The Hall–Kier alpha value is -2.06. The maximum Gasteiger partial charge on any atom is 0.244 e. The van der Waals surface area contributed by atoms with E-state index >= 15 is 0 Å². The molecule has 3 heterocycles. The third-order valence-corrected chi connectivity index (χ3v) is 9.50. The van der Waals surface area contributed by atoms with E-state index < -0.39 is 27.4 Å². The van der Waals surface area contributed by atoms with Crippen LogP contribution < -0.4 is 10.6 Å². The van der Waals surface area contributed by atoms with Gasteiger partial charge in [0.2, 0.25) is 17.7 Å². The molecule has 1 spiro atoms. The highest BCUT2D eigenvalue weighted by atomic mass is 32.2. The smallest absolute Gasteiger partial charge is 0.244 e. The summed E-state index contributed by atoms with van der Waals surface area (Å²) in [6, 6.07) is 8.69. The number of amides is 3. The zero-order valence-electron chi connectivity index (χ0n) is 19.7. The van der Waals surface area contributed by atoms with Crippen molar-refractivity contribution in [1.29, 1.82) is 0 Å². The van der Waals surface area contributed by atoms with Gasteiger partial charge >= 0.3 is 0 Å². The first kappa shape index (κ1) is 24.1. The maximum absolute atomic E-state index is 13.8. The van der Waals surface area contributed by atoms with Crippen LogP contribution in [0.15, 0.2) is 30.3 Å². The summed E-state index contributed by atoms with van der Waals surface area (Å²) >= 11 is 1.67. The van der Waals surface area contributed by atoms with Crippen molar-refractivity contribution < 1.29 is 19.5 Å². The minimum Gasteiger partial charge on any atom is -0.396 e. The topological polar surface area (TPSA) is 98.7 Å². The SMILES string of the molecule is CCCC(C)NC(=O)C1N(CCCO)C(=O)[C@@H]2[C@H](C(=O)Nc3ccccc3)[C@]3(C)CCC12S3. The predicted octanol–water partition coefficient (Wildman–Crippen LogP) is 2.79. The highest BCUT2D eigenvalue weighted by Crippen LogP contribution is 2.71. The molecule has 33 heavy (non-hydrogen) atoms. The van der Waals surface area contributed by atoms with Crippen LogP contribution in [0, 0.1) is 11.8 Å². The van der Waals surface area contributed by atoms with Crippen LogP contribution in [0.1, 0.15) is 52.9 Å². The van der Waals surface area contributed by atoms with E-state index in [1.165, 1.54) is 0 Å². The average Bonchev–Trinajstić information content (AvgIpc) is 3.33. The highest BCUT2D eigenvalue weighted by molar-refractivity contribution is 8.02. The van der Waals surface area contributed by atoms with Crippen molar-refractivity contribution in [2.75, 3.05) is 18.5 Å². The molecule has 0 aromatic heterocycles. The molecule has 1 aromatic carbocycles. The van der Waals surface area contributed by atoms with Crippen molar-refractivity contribution in [3.63, 3.8) is 0 Å². The van der Waals surface area contributed by atoms with E-state index in [0.29, 0.717) is 18.7 Å². The molecule has 3 saturated heterocycles. The summed E-state index contributed by atoms with van der Waals surface area (Å²) < 4.78 is -1.01. The normalized spacial score (nSPS) is 33.2. The van der Waals surface area contributed by atoms with Crippen LogP contribution in [0.4, 0.5) is 5.69 Å². The van der Waals surface area contributed by atoms with E-state index in [-0.39, 0.29) is 30.4 Å². The molecule has 3 N–H and O–H groups in total. The lowest BCUT2D eigenvalue weighted by Crippen LogP contribution is -2.55. The van der Waals surface area contributed by atoms with Crippen molar-refractivity contribution in [3.05, 3.63) is 30.3 Å². The molecular weight excluding hydrogens is 438 g/mol. The Labute approximate surface area is 200 Å². The summed E-state index contributed by atoms with van der Waals surface area (Å²) in [6.45, 7) is 6.40. The molecule has 8 heteroatoms. The first-order valence-corrected chi connectivity index (χ1v) is 12.9. The van der Waals surface area contributed by atoms with Crippen molar-refractivity contribution in [1.82, 2.24) is 10.2 Å². The number of thioether (sulfide) groups is 1. The number of aliphatic hydroxyl groups excluding tert-OH is 1. The molecule has 2 bridgehead atoms. The Morgan fingerprint density at radius 1 is 1.24 bits per heavy atom. The number of carbonyl (C=O) groups excluding carboxylic acids is 3. The fourth-order valence-electron chi connectivity index (χ4n) is 6.18. The van der Waals surface area contributed by atoms with Gasteiger partial charge in [-0.05, 0) is 51.7 Å². The summed E-state index contributed by atoms with van der Waals surface area (Å²) in [5, 5.41) is 15.6. The second kappa shape index (κ2) is 9.29. The number of nitrogens with one attached hydrogen (secondary N) is 2. The third kappa shape index (κ3) is 4.05. The van der Waals surface area contributed by atoms with Gasteiger partial charge in [-0.25, -0.2) is 0 Å². The van der Waals surface area contributed by atoms with Gasteiger partial charge in [0.1, 0.15) is 6.04 Å². The molecule has 180 valence electrons. The molecule has 3 amide bonds. The second-order valence-corrected chi connectivity index (χ2v) is 11.8. The Balaban J connectivity index is 1.67. The maximum atomic E-state index is 13.8. The number of hydrogen-bond donors (Lipinski definition) is 3. The number of aliphatic hydroxyl groups is 1. The van der Waals surface area contributed by atoms with E-state index in [0.717, 1.165) is 25.7 Å². The van der Waals surface area contributed by atoms with Crippen LogP contribution in [-0.4, -0.2) is 62.5 Å². The Kier molecular flexibility index (Phi) is 6.78. The average molecular weight is 474 g/mol. The van der Waals surface area contributed by atoms with Gasteiger partial charge in [0.05, 0.1) is 16.6 Å². The Bertz CT molecular complexity index is 912. The number of benzene rings is 1. The largest absolute Gasteiger partial charge is 0.396 e. The highest BCUT2D eigenvalue weighted by Gasteiger charge is 2.77. The van der Waals surface area contributed by atoms with E-state index in [9.17, 15) is 19.5 Å². The lowest BCUT2D eigenvalue weighted by molar-refractivity contribution is -0.139. The quantitative estimate of drug-likeness (QED) is 0.512. The summed E-state index contributed by atoms with van der Waals surface area (Å²) in [4.78, 5) is 42.5. The molecule has 7 nitrogen and oxygen atoms in total. The zero-order chi connectivity index (χ0) is 23.8. The van der Waals surface area contributed by atoms with Gasteiger partial charge in [-0.15, -0.1) is 11.8 Å². The minimum absolute atomic E-state index is 0.0177. The standard InChI is InChI=1S/C25H35N3O4S/c1-4-9-16(2)26-22(31)20-25-13-12-24(3,33-25)18(19(25)23(32)28(20)14-8-15-29)21(30)27-17-10-6-5-7-11-17/h5-7,10-11,16,18-20,29H,4,8-9,12-15H2,1-3H3,(H,26,31)(H,27,30)/t16?,18-,19+,20?,24+,25?/m1/s1. The monoisotopic (exact) mass is 473 g/mol. The lowest BCUT2D eigenvalue weighted by Gasteiger charge is -2.35. The fraction of sp³-hybridized carbons (Fsp3) is 0.640. The molecule has 3 aliphatic heterocycles. The van der Waals surface area contributed by atoms with Gasteiger partial charge in [-0.1, -0.05) is 31.5 Å². The van der Waals surface area contributed by atoms with E-state index in [1.807, 2.05) is 37.3 Å². The van der Waals surface area contributed by atoms with Gasteiger partial charge in [0.25, 0.3) is 0 Å². The summed E-state index contributed by atoms with van der Waals surface area (Å²) in [5.41, 5.74) is 0.707. The van der Waals surface area contributed by atoms with Gasteiger partial charge < -0.3 is 20.6 Å². The molecule has 3 aliphatic rings. The Morgan fingerprint density at radius 2 is 1.97 bits per heavy atom. The van der Waals surface area contributed by atoms with Gasteiger partial charge in [0, 0.05) is 29.6 Å². The van der Waals surface area contributed by atoms with Crippen molar-refractivity contribution in [3.8, 4) is 0 Å². The van der Waals surface area contributed by atoms with Gasteiger partial charge in [-0.3, -0.25) is 14.4 Å². The first-order chi connectivity index (χ1) is 15.8. The number of para-hydroxylation sites is 1. The van der Waals surface area contributed by atoms with Gasteiger partial charge in [0.15, 0.2) is 0 Å². The summed E-state index contributed by atoms with van der Waals surface area (Å²) in [5.74, 6) is -1.47. The summed E-state index contributed by atoms with van der Waals surface area (Å²) in [7, 11) is 0. The van der Waals surface area contributed by atoms with E-state index in [4.69, 9.17) is 0 Å². The van der Waals surface area contributed by atoms with Crippen LogP contribution in [0.3, 0.4) is 0 Å². The molecule has 0 aliphatic carbocycles. The number of hydrogen-bond acceptors (Lipinski definition) is 5. The van der Waals surface area contributed by atoms with Crippen LogP contribution >= 0.6 is 11.8 Å². The number of nitrogens with zero attached hydrogens (tertiary/aromatic N) is 1. The molecule has 6 atom stereocenters. The lowest BCUT2D eigenvalue weighted by atomic mass is 9.66.